The first-order chi connectivity index (χ1) is 10.6. The third-order valence-electron chi connectivity index (χ3n) is 3.26. The van der Waals surface area contributed by atoms with E-state index >= 15 is 0 Å². The van der Waals surface area contributed by atoms with Crippen LogP contribution in [0.5, 0.6) is 0 Å². The SMILES string of the molecule is CC.CC.CC(C)=NOCCCCC(=O)N1CCC(C)CC1. The van der Waals surface area contributed by atoms with Crippen molar-refractivity contribution in [2.75, 3.05) is 19.7 Å². The van der Waals surface area contributed by atoms with Gasteiger partial charge in [0.1, 0.15) is 6.61 Å². The van der Waals surface area contributed by atoms with Crippen LogP contribution in [0.3, 0.4) is 0 Å². The number of unbranched alkanes of at least 4 members (excludes halogenated alkanes) is 1. The third kappa shape index (κ3) is 12.7. The molecule has 132 valence electrons. The van der Waals surface area contributed by atoms with Crippen molar-refractivity contribution in [1.82, 2.24) is 4.90 Å². The molecule has 4 nitrogen and oxygen atoms in total. The average molecular weight is 315 g/mol. The monoisotopic (exact) mass is 314 g/mol. The van der Waals surface area contributed by atoms with Gasteiger partial charge in [0.2, 0.25) is 5.91 Å². The number of likely N-dealkylation sites (tertiary alicyclic amines) is 1. The minimum Gasteiger partial charge on any atom is -0.396 e. The van der Waals surface area contributed by atoms with Crippen molar-refractivity contribution in [3.63, 3.8) is 0 Å². The van der Waals surface area contributed by atoms with Crippen LogP contribution in [0.4, 0.5) is 0 Å². The Morgan fingerprint density at radius 1 is 1.09 bits per heavy atom. The van der Waals surface area contributed by atoms with E-state index < -0.39 is 0 Å². The van der Waals surface area contributed by atoms with Crippen molar-refractivity contribution in [3.8, 4) is 0 Å². The van der Waals surface area contributed by atoms with E-state index in [-0.39, 0.29) is 0 Å². The van der Waals surface area contributed by atoms with Crippen molar-refractivity contribution in [3.05, 3.63) is 0 Å². The van der Waals surface area contributed by atoms with Gasteiger partial charge in [0.05, 0.1) is 5.71 Å². The maximum atomic E-state index is 11.9. The largest absolute Gasteiger partial charge is 0.396 e. The number of carbonyl (C=O) groups excluding carboxylic acids is 1. The summed E-state index contributed by atoms with van der Waals surface area (Å²) in [5.41, 5.74) is 0.925. The van der Waals surface area contributed by atoms with Crippen LogP contribution in [0, 0.1) is 5.92 Å². The van der Waals surface area contributed by atoms with E-state index in [2.05, 4.69) is 12.1 Å². The summed E-state index contributed by atoms with van der Waals surface area (Å²) in [6.07, 6.45) is 4.74. The Balaban J connectivity index is 0. The third-order valence-corrected chi connectivity index (χ3v) is 3.26. The van der Waals surface area contributed by atoms with Gasteiger partial charge in [0.15, 0.2) is 0 Å². The van der Waals surface area contributed by atoms with Crippen LogP contribution in [-0.2, 0) is 9.63 Å². The smallest absolute Gasteiger partial charge is 0.222 e. The zero-order valence-electron chi connectivity index (χ0n) is 15.9. The van der Waals surface area contributed by atoms with Crippen LogP contribution >= 0.6 is 0 Å². The molecule has 0 aliphatic carbocycles. The predicted octanol–water partition coefficient (Wildman–Crippen LogP) is 4.88. The number of amides is 1. The standard InChI is InChI=1S/C14H26N2O2.2C2H6/c1-12(2)15-18-11-5-4-6-14(17)16-9-7-13(3)8-10-16;2*1-2/h13H,4-11H2,1-3H3;2*1-2H3. The van der Waals surface area contributed by atoms with Gasteiger partial charge in [-0.25, -0.2) is 0 Å². The molecule has 0 radical (unpaired) electrons. The van der Waals surface area contributed by atoms with E-state index in [1.807, 2.05) is 46.4 Å². The molecule has 0 aromatic rings. The molecule has 0 spiro atoms. The van der Waals surface area contributed by atoms with Gasteiger partial charge in [-0.1, -0.05) is 39.8 Å². The van der Waals surface area contributed by atoms with Gasteiger partial charge in [-0.15, -0.1) is 0 Å². The topological polar surface area (TPSA) is 41.9 Å². The molecule has 0 N–H and O–H groups in total. The number of nitrogens with zero attached hydrogens (tertiary/aromatic N) is 2. The molecule has 1 aliphatic heterocycles. The summed E-state index contributed by atoms with van der Waals surface area (Å²) in [5, 5.41) is 3.86. The van der Waals surface area contributed by atoms with Gasteiger partial charge in [0.25, 0.3) is 0 Å². The molecule has 4 heteroatoms. The molecular weight excluding hydrogens is 276 g/mol. The molecule has 22 heavy (non-hydrogen) atoms. The van der Waals surface area contributed by atoms with Gasteiger partial charge in [-0.05, 0) is 45.4 Å². The Kier molecular flexibility index (Phi) is 17.2. The van der Waals surface area contributed by atoms with Crippen LogP contribution in [0.1, 0.15) is 80.6 Å². The summed E-state index contributed by atoms with van der Waals surface area (Å²) in [7, 11) is 0. The highest BCUT2D eigenvalue weighted by Crippen LogP contribution is 2.17. The lowest BCUT2D eigenvalue weighted by Gasteiger charge is -2.30. The van der Waals surface area contributed by atoms with E-state index in [9.17, 15) is 4.79 Å². The zero-order chi connectivity index (χ0) is 17.4. The highest BCUT2D eigenvalue weighted by atomic mass is 16.6. The number of rotatable bonds is 6. The molecule has 0 saturated carbocycles. The lowest BCUT2D eigenvalue weighted by molar-refractivity contribution is -0.132. The highest BCUT2D eigenvalue weighted by Gasteiger charge is 2.19. The first-order valence-electron chi connectivity index (χ1n) is 9.00. The predicted molar refractivity (Wildman–Crippen MR) is 96.3 cm³/mol. The van der Waals surface area contributed by atoms with Gasteiger partial charge >= 0.3 is 0 Å². The van der Waals surface area contributed by atoms with Crippen molar-refractivity contribution in [1.29, 1.82) is 0 Å². The first-order valence-corrected chi connectivity index (χ1v) is 9.00. The summed E-state index contributed by atoms with van der Waals surface area (Å²) in [4.78, 5) is 19.0. The minimum absolute atomic E-state index is 0.303. The summed E-state index contributed by atoms with van der Waals surface area (Å²) in [6.45, 7) is 16.6. The lowest BCUT2D eigenvalue weighted by atomic mass is 9.99. The minimum atomic E-state index is 0.303. The molecule has 1 heterocycles. The molecule has 0 bridgehead atoms. The van der Waals surface area contributed by atoms with Crippen LogP contribution < -0.4 is 0 Å². The molecule has 0 atom stereocenters. The first kappa shape index (κ1) is 23.2. The molecule has 1 aliphatic rings. The molecule has 0 aromatic carbocycles. The second kappa shape index (κ2) is 16.3. The maximum absolute atomic E-state index is 11.9. The molecular formula is C18H38N2O2. The zero-order valence-corrected chi connectivity index (χ0v) is 15.9. The van der Waals surface area contributed by atoms with E-state index in [1.165, 1.54) is 0 Å². The Hall–Kier alpha value is -1.06. The van der Waals surface area contributed by atoms with Crippen molar-refractivity contribution >= 4 is 11.6 Å². The number of piperidine rings is 1. The van der Waals surface area contributed by atoms with Gasteiger partial charge in [0, 0.05) is 19.5 Å². The van der Waals surface area contributed by atoms with Crippen LogP contribution in [0.15, 0.2) is 5.16 Å². The van der Waals surface area contributed by atoms with Crippen LogP contribution in [0.2, 0.25) is 0 Å². The van der Waals surface area contributed by atoms with E-state index in [4.69, 9.17) is 4.84 Å². The summed E-state index contributed by atoms with van der Waals surface area (Å²) >= 11 is 0. The molecule has 0 aromatic heterocycles. The van der Waals surface area contributed by atoms with E-state index in [0.29, 0.717) is 18.9 Å². The van der Waals surface area contributed by atoms with Gasteiger partial charge < -0.3 is 9.74 Å². The van der Waals surface area contributed by atoms with E-state index in [0.717, 1.165) is 50.4 Å². The number of oxime groups is 1. The molecule has 1 fully saturated rings. The fourth-order valence-electron chi connectivity index (χ4n) is 2.03. The highest BCUT2D eigenvalue weighted by molar-refractivity contribution is 5.78. The van der Waals surface area contributed by atoms with Crippen molar-refractivity contribution in [2.45, 2.75) is 80.6 Å². The van der Waals surface area contributed by atoms with Gasteiger partial charge in [-0.3, -0.25) is 4.79 Å². The molecule has 1 saturated heterocycles. The Morgan fingerprint density at radius 3 is 2.14 bits per heavy atom. The maximum Gasteiger partial charge on any atom is 0.222 e. The molecule has 0 unspecified atom stereocenters. The van der Waals surface area contributed by atoms with Crippen molar-refractivity contribution in [2.24, 2.45) is 11.1 Å². The quantitative estimate of drug-likeness (QED) is 0.398. The number of hydrogen-bond donors (Lipinski definition) is 0. The van der Waals surface area contributed by atoms with Gasteiger partial charge in [-0.2, -0.15) is 0 Å². The Bertz CT molecular complexity index is 279. The molecule has 1 rings (SSSR count). The Labute approximate surface area is 138 Å². The van der Waals surface area contributed by atoms with Crippen LogP contribution in [-0.4, -0.2) is 36.2 Å². The normalized spacial score (nSPS) is 14.0. The second-order valence-corrected chi connectivity index (χ2v) is 5.39. The average Bonchev–Trinajstić information content (AvgIpc) is 2.54. The lowest BCUT2D eigenvalue weighted by Crippen LogP contribution is -2.37. The number of carbonyl (C=O) groups is 1. The fourth-order valence-corrected chi connectivity index (χ4v) is 2.03. The van der Waals surface area contributed by atoms with Crippen molar-refractivity contribution < 1.29 is 9.63 Å². The summed E-state index contributed by atoms with van der Waals surface area (Å²) < 4.78 is 0. The number of hydrogen-bond acceptors (Lipinski definition) is 3. The summed E-state index contributed by atoms with van der Waals surface area (Å²) in [5.74, 6) is 1.08. The fraction of sp³-hybridized carbons (Fsp3) is 0.889. The summed E-state index contributed by atoms with van der Waals surface area (Å²) in [6, 6.07) is 0. The second-order valence-electron chi connectivity index (χ2n) is 5.39. The van der Waals surface area contributed by atoms with Crippen LogP contribution in [0.25, 0.3) is 0 Å². The van der Waals surface area contributed by atoms with E-state index in [1.54, 1.807) is 0 Å². The molecule has 1 amide bonds. The Morgan fingerprint density at radius 2 is 1.64 bits per heavy atom.